The highest BCUT2D eigenvalue weighted by Gasteiger charge is 2.37. The van der Waals surface area contributed by atoms with Gasteiger partial charge in [0.1, 0.15) is 22.8 Å². The van der Waals surface area contributed by atoms with Crippen molar-refractivity contribution in [3.63, 3.8) is 0 Å². The number of hydrogen-bond acceptors (Lipinski definition) is 5. The molecule has 6 heteroatoms. The zero-order chi connectivity index (χ0) is 23.4. The van der Waals surface area contributed by atoms with Gasteiger partial charge < -0.3 is 5.73 Å². The molecule has 0 bridgehead atoms. The summed E-state index contributed by atoms with van der Waals surface area (Å²) in [6, 6.07) is 20.4. The van der Waals surface area contributed by atoms with E-state index in [0.717, 1.165) is 63.2 Å². The third-order valence-electron chi connectivity index (χ3n) is 7.11. The van der Waals surface area contributed by atoms with E-state index in [4.69, 9.17) is 15.7 Å². The first kappa shape index (κ1) is 20.5. The number of carbonyl (C=O) groups is 1. The molecule has 0 spiro atoms. The molecule has 2 N–H and O–H groups in total. The topological polar surface area (TPSA) is 86.2 Å². The molecule has 0 aliphatic heterocycles. The van der Waals surface area contributed by atoms with Crippen molar-refractivity contribution >= 4 is 27.9 Å². The van der Waals surface area contributed by atoms with Crippen molar-refractivity contribution < 1.29 is 4.79 Å². The van der Waals surface area contributed by atoms with Crippen LogP contribution >= 0.6 is 0 Å². The number of aryl methyl sites for hydroxylation is 1. The van der Waals surface area contributed by atoms with Gasteiger partial charge in [-0.1, -0.05) is 48.5 Å². The smallest absolute Gasteiger partial charge is 0.134 e. The fourth-order valence-corrected chi connectivity index (χ4v) is 5.03. The molecule has 1 aliphatic rings. The second-order valence-corrected chi connectivity index (χ2v) is 9.21. The number of fused-ring (bicyclic) bond motifs is 2. The van der Waals surface area contributed by atoms with Crippen LogP contribution in [0.2, 0.25) is 0 Å². The molecule has 34 heavy (non-hydrogen) atoms. The number of pyridine rings is 1. The summed E-state index contributed by atoms with van der Waals surface area (Å²) in [6.45, 7) is 3.76. The van der Waals surface area contributed by atoms with E-state index < -0.39 is 0 Å². The van der Waals surface area contributed by atoms with Crippen LogP contribution in [0.25, 0.3) is 38.9 Å². The Morgan fingerprint density at radius 2 is 1.76 bits per heavy atom. The van der Waals surface area contributed by atoms with Crippen molar-refractivity contribution in [2.45, 2.75) is 32.6 Å². The Kier molecular flexibility index (Phi) is 4.69. The number of ketones is 1. The third-order valence-corrected chi connectivity index (χ3v) is 7.11. The van der Waals surface area contributed by atoms with E-state index in [-0.39, 0.29) is 17.6 Å². The van der Waals surface area contributed by atoms with Crippen LogP contribution in [0.15, 0.2) is 66.9 Å². The number of anilines is 1. The quantitative estimate of drug-likeness (QED) is 0.388. The predicted octanol–water partition coefficient (Wildman–Crippen LogP) is 5.58. The van der Waals surface area contributed by atoms with E-state index in [1.54, 1.807) is 13.1 Å². The van der Waals surface area contributed by atoms with Gasteiger partial charge in [-0.25, -0.2) is 14.5 Å². The SMILES string of the molecule is CC(=O)C1CC(c2nc(-c3ccc4ccc(-c5ccccc5)nc4c3C)c3c(N)ccnn23)C1. The minimum Gasteiger partial charge on any atom is -0.397 e. The average Bonchev–Trinajstić information content (AvgIpc) is 3.19. The maximum absolute atomic E-state index is 11.8. The van der Waals surface area contributed by atoms with E-state index in [1.807, 2.05) is 28.8 Å². The zero-order valence-corrected chi connectivity index (χ0v) is 19.2. The van der Waals surface area contributed by atoms with Gasteiger partial charge in [0.25, 0.3) is 0 Å². The van der Waals surface area contributed by atoms with E-state index in [9.17, 15) is 4.79 Å². The molecule has 5 aromatic rings. The van der Waals surface area contributed by atoms with E-state index in [1.165, 1.54) is 0 Å². The molecule has 3 heterocycles. The van der Waals surface area contributed by atoms with Gasteiger partial charge in [0.15, 0.2) is 0 Å². The number of imidazole rings is 1. The number of rotatable bonds is 4. The van der Waals surface area contributed by atoms with Crippen LogP contribution in [0, 0.1) is 12.8 Å². The molecule has 0 amide bonds. The van der Waals surface area contributed by atoms with Crippen molar-refractivity contribution in [1.29, 1.82) is 0 Å². The number of hydrogen-bond donors (Lipinski definition) is 1. The third kappa shape index (κ3) is 3.17. The molecule has 1 saturated carbocycles. The number of Topliss-reactive ketones (excluding diaryl/α,β-unsaturated/α-hetero) is 1. The number of benzene rings is 2. The number of nitrogens with two attached hydrogens (primary N) is 1. The number of nitrogen functional groups attached to an aromatic ring is 1. The van der Waals surface area contributed by atoms with Crippen molar-refractivity contribution in [2.75, 3.05) is 5.73 Å². The molecule has 1 fully saturated rings. The lowest BCUT2D eigenvalue weighted by Gasteiger charge is -2.32. The molecule has 0 saturated heterocycles. The van der Waals surface area contributed by atoms with Gasteiger partial charge in [-0.2, -0.15) is 5.10 Å². The predicted molar refractivity (Wildman–Crippen MR) is 134 cm³/mol. The Labute approximate surface area is 197 Å². The summed E-state index contributed by atoms with van der Waals surface area (Å²) in [6.07, 6.45) is 3.32. The highest BCUT2D eigenvalue weighted by atomic mass is 16.1. The molecule has 2 aromatic carbocycles. The van der Waals surface area contributed by atoms with E-state index >= 15 is 0 Å². The fourth-order valence-electron chi connectivity index (χ4n) is 5.03. The molecule has 3 aromatic heterocycles. The highest BCUT2D eigenvalue weighted by molar-refractivity contribution is 5.95. The van der Waals surface area contributed by atoms with Crippen LogP contribution < -0.4 is 5.73 Å². The monoisotopic (exact) mass is 447 g/mol. The summed E-state index contributed by atoms with van der Waals surface area (Å²) in [5.74, 6) is 1.44. The Balaban J connectivity index is 1.52. The molecule has 0 radical (unpaired) electrons. The van der Waals surface area contributed by atoms with Crippen LogP contribution in [-0.4, -0.2) is 25.4 Å². The van der Waals surface area contributed by atoms with Gasteiger partial charge in [-0.3, -0.25) is 4.79 Å². The fraction of sp³-hybridized carbons (Fsp3) is 0.214. The zero-order valence-electron chi connectivity index (χ0n) is 19.2. The average molecular weight is 448 g/mol. The van der Waals surface area contributed by atoms with Crippen molar-refractivity contribution in [2.24, 2.45) is 5.92 Å². The number of nitrogens with zero attached hydrogens (tertiary/aromatic N) is 4. The maximum Gasteiger partial charge on any atom is 0.134 e. The first-order valence-corrected chi connectivity index (χ1v) is 11.6. The highest BCUT2D eigenvalue weighted by Crippen LogP contribution is 2.44. The van der Waals surface area contributed by atoms with Gasteiger partial charge in [0.05, 0.1) is 23.1 Å². The number of carbonyl (C=O) groups excluding carboxylic acids is 1. The van der Waals surface area contributed by atoms with Gasteiger partial charge in [0.2, 0.25) is 0 Å². The molecule has 6 nitrogen and oxygen atoms in total. The Morgan fingerprint density at radius 1 is 1.00 bits per heavy atom. The normalized spacial score (nSPS) is 17.7. The maximum atomic E-state index is 11.8. The summed E-state index contributed by atoms with van der Waals surface area (Å²) < 4.78 is 1.86. The van der Waals surface area contributed by atoms with E-state index in [2.05, 4.69) is 48.4 Å². The Hall–Kier alpha value is -4.06. The standard InChI is InChI=1S/C28H25N5O/c1-16-22(10-8-19-9-11-24(31-25(16)19)18-6-4-3-5-7-18)26-27-23(29)12-13-30-33(27)28(32-26)21-14-20(15-21)17(2)34/h3-13,20-21H,14-15,29H2,1-2H3. The van der Waals surface area contributed by atoms with Gasteiger partial charge in [-0.05, 0) is 44.4 Å². The number of aromatic nitrogens is 4. The Bertz CT molecular complexity index is 1560. The molecule has 168 valence electrons. The first-order valence-electron chi connectivity index (χ1n) is 11.6. The second-order valence-electron chi connectivity index (χ2n) is 9.21. The second kappa shape index (κ2) is 7.76. The van der Waals surface area contributed by atoms with Gasteiger partial charge >= 0.3 is 0 Å². The summed E-state index contributed by atoms with van der Waals surface area (Å²) in [5.41, 5.74) is 13.7. The van der Waals surface area contributed by atoms with Crippen LogP contribution in [0.5, 0.6) is 0 Å². The van der Waals surface area contributed by atoms with Crippen LogP contribution in [0.1, 0.15) is 37.1 Å². The van der Waals surface area contributed by atoms with Crippen LogP contribution in [0.4, 0.5) is 5.69 Å². The molecule has 6 rings (SSSR count). The minimum atomic E-state index is 0.116. The minimum absolute atomic E-state index is 0.116. The molecular formula is C28H25N5O. The van der Waals surface area contributed by atoms with Gasteiger partial charge in [-0.15, -0.1) is 0 Å². The van der Waals surface area contributed by atoms with Crippen molar-refractivity contribution in [3.05, 3.63) is 78.2 Å². The molecular weight excluding hydrogens is 422 g/mol. The molecule has 1 aliphatic carbocycles. The van der Waals surface area contributed by atoms with Gasteiger partial charge in [0, 0.05) is 28.3 Å². The summed E-state index contributed by atoms with van der Waals surface area (Å²) in [7, 11) is 0. The lowest BCUT2D eigenvalue weighted by Crippen LogP contribution is -2.28. The largest absolute Gasteiger partial charge is 0.397 e. The molecule has 0 unspecified atom stereocenters. The molecule has 0 atom stereocenters. The van der Waals surface area contributed by atoms with Crippen LogP contribution in [-0.2, 0) is 4.79 Å². The Morgan fingerprint density at radius 3 is 2.53 bits per heavy atom. The first-order chi connectivity index (χ1) is 16.5. The van der Waals surface area contributed by atoms with Crippen molar-refractivity contribution in [3.8, 4) is 22.5 Å². The lowest BCUT2D eigenvalue weighted by molar-refractivity contribution is -0.123. The van der Waals surface area contributed by atoms with E-state index in [0.29, 0.717) is 5.69 Å². The summed E-state index contributed by atoms with van der Waals surface area (Å²) in [4.78, 5) is 21.9. The van der Waals surface area contributed by atoms with Crippen molar-refractivity contribution in [1.82, 2.24) is 19.6 Å². The van der Waals surface area contributed by atoms with Crippen LogP contribution in [0.3, 0.4) is 0 Å². The summed E-state index contributed by atoms with van der Waals surface area (Å²) in [5, 5.41) is 5.66. The summed E-state index contributed by atoms with van der Waals surface area (Å²) >= 11 is 0. The lowest BCUT2D eigenvalue weighted by atomic mass is 9.72.